The molecule has 0 spiro atoms. The van der Waals surface area contributed by atoms with Gasteiger partial charge in [-0.25, -0.2) is 0 Å². The van der Waals surface area contributed by atoms with Gasteiger partial charge in [0.15, 0.2) is 0 Å². The fourth-order valence-electron chi connectivity index (χ4n) is 4.54. The van der Waals surface area contributed by atoms with Crippen molar-refractivity contribution in [2.45, 2.75) is 20.4 Å². The van der Waals surface area contributed by atoms with Gasteiger partial charge in [-0.15, -0.1) is 0 Å². The van der Waals surface area contributed by atoms with E-state index in [0.717, 1.165) is 50.4 Å². The minimum absolute atomic E-state index is 0.118. The van der Waals surface area contributed by atoms with Crippen LogP contribution in [0.4, 0.5) is 10.5 Å². The van der Waals surface area contributed by atoms with Crippen LogP contribution in [0.15, 0.2) is 89.8 Å². The molecule has 4 aromatic rings. The van der Waals surface area contributed by atoms with Crippen LogP contribution in [0.3, 0.4) is 0 Å². The number of thioether (sulfide) groups is 1. The van der Waals surface area contributed by atoms with Crippen molar-refractivity contribution in [1.29, 1.82) is 0 Å². The molecule has 0 saturated carbocycles. The van der Waals surface area contributed by atoms with Gasteiger partial charge in [-0.2, -0.15) is 0 Å². The molecule has 1 aliphatic rings. The number of benzene rings is 3. The predicted octanol–water partition coefficient (Wildman–Crippen LogP) is 6.91. The maximum Gasteiger partial charge on any atom is 0.293 e. The second kappa shape index (κ2) is 9.91. The lowest BCUT2D eigenvalue weighted by molar-refractivity contribution is -0.385. The molecular formula is C29H23N3O4S. The number of aromatic nitrogens is 1. The van der Waals surface area contributed by atoms with Gasteiger partial charge in [0, 0.05) is 28.7 Å². The number of nitro groups is 1. The number of hydrogen-bond acceptors (Lipinski definition) is 5. The Balaban J connectivity index is 1.41. The van der Waals surface area contributed by atoms with Gasteiger partial charge in [0.1, 0.15) is 0 Å². The number of hydrogen-bond donors (Lipinski definition) is 0. The van der Waals surface area contributed by atoms with Gasteiger partial charge < -0.3 is 4.57 Å². The van der Waals surface area contributed by atoms with Gasteiger partial charge >= 0.3 is 0 Å². The SMILES string of the molecule is Cc1cc(/C=C2\SC(=O)N(Cc3ccccc3[N+](=O)[O-])C2=O)c(C)n1-c1ccc(-c2ccccc2)cc1. The zero-order chi connectivity index (χ0) is 26.1. The number of aryl methyl sites for hydroxylation is 1. The van der Waals surface area contributed by atoms with Crippen molar-refractivity contribution in [2.75, 3.05) is 0 Å². The van der Waals surface area contributed by atoms with Crippen LogP contribution in [0.1, 0.15) is 22.5 Å². The van der Waals surface area contributed by atoms with Crippen molar-refractivity contribution in [1.82, 2.24) is 9.47 Å². The smallest absolute Gasteiger partial charge is 0.293 e. The predicted molar refractivity (Wildman–Crippen MR) is 145 cm³/mol. The highest BCUT2D eigenvalue weighted by Gasteiger charge is 2.36. The van der Waals surface area contributed by atoms with Crippen LogP contribution in [-0.2, 0) is 11.3 Å². The first-order chi connectivity index (χ1) is 17.8. The minimum Gasteiger partial charge on any atom is -0.318 e. The zero-order valence-corrected chi connectivity index (χ0v) is 21.1. The van der Waals surface area contributed by atoms with Crippen molar-refractivity contribution < 1.29 is 14.5 Å². The Bertz CT molecular complexity index is 1560. The molecule has 0 unspecified atom stereocenters. The topological polar surface area (TPSA) is 85.5 Å². The number of rotatable bonds is 6. The zero-order valence-electron chi connectivity index (χ0n) is 20.3. The van der Waals surface area contributed by atoms with E-state index in [0.29, 0.717) is 10.5 Å². The van der Waals surface area contributed by atoms with E-state index in [-0.39, 0.29) is 12.2 Å². The van der Waals surface area contributed by atoms with Gasteiger partial charge in [-0.3, -0.25) is 24.6 Å². The second-order valence-corrected chi connectivity index (χ2v) is 9.72. The third kappa shape index (κ3) is 4.71. The summed E-state index contributed by atoms with van der Waals surface area (Å²) < 4.78 is 2.11. The van der Waals surface area contributed by atoms with E-state index in [1.807, 2.05) is 38.1 Å². The third-order valence-corrected chi connectivity index (χ3v) is 7.29. The van der Waals surface area contributed by atoms with Crippen molar-refractivity contribution in [3.8, 4) is 16.8 Å². The molecule has 8 heteroatoms. The monoisotopic (exact) mass is 509 g/mol. The normalized spacial score (nSPS) is 14.5. The fraction of sp³-hybridized carbons (Fsp3) is 0.103. The molecule has 0 aliphatic carbocycles. The molecule has 2 amide bonds. The number of carbonyl (C=O) groups excluding carboxylic acids is 2. The molecule has 1 fully saturated rings. The second-order valence-electron chi connectivity index (χ2n) is 8.73. The van der Waals surface area contributed by atoms with E-state index in [1.165, 1.54) is 6.07 Å². The van der Waals surface area contributed by atoms with E-state index < -0.39 is 16.1 Å². The molecule has 2 heterocycles. The first-order valence-corrected chi connectivity index (χ1v) is 12.5. The molecule has 7 nitrogen and oxygen atoms in total. The molecule has 37 heavy (non-hydrogen) atoms. The maximum absolute atomic E-state index is 13.1. The number of nitro benzene ring substituents is 1. The van der Waals surface area contributed by atoms with Crippen LogP contribution < -0.4 is 0 Å². The average molecular weight is 510 g/mol. The number of amides is 2. The Kier molecular flexibility index (Phi) is 6.50. The summed E-state index contributed by atoms with van der Waals surface area (Å²) in [5.41, 5.74) is 6.23. The molecule has 1 aromatic heterocycles. The van der Waals surface area contributed by atoms with E-state index in [4.69, 9.17) is 0 Å². The summed E-state index contributed by atoms with van der Waals surface area (Å²) in [5.74, 6) is -0.454. The van der Waals surface area contributed by atoms with Crippen LogP contribution in [-0.4, -0.2) is 25.5 Å². The van der Waals surface area contributed by atoms with Crippen LogP contribution in [0.25, 0.3) is 22.9 Å². The van der Waals surface area contributed by atoms with Crippen LogP contribution in [0.5, 0.6) is 0 Å². The summed E-state index contributed by atoms with van der Waals surface area (Å²) in [4.78, 5) is 37.9. The summed E-state index contributed by atoms with van der Waals surface area (Å²) in [5, 5.41) is 10.9. The summed E-state index contributed by atoms with van der Waals surface area (Å²) >= 11 is 0.849. The van der Waals surface area contributed by atoms with Gasteiger partial charge in [-0.1, -0.05) is 60.7 Å². The lowest BCUT2D eigenvalue weighted by Crippen LogP contribution is -2.27. The third-order valence-electron chi connectivity index (χ3n) is 6.38. The molecule has 0 radical (unpaired) electrons. The highest BCUT2D eigenvalue weighted by molar-refractivity contribution is 8.18. The molecular weight excluding hydrogens is 486 g/mol. The largest absolute Gasteiger partial charge is 0.318 e. The van der Waals surface area contributed by atoms with E-state index in [2.05, 4.69) is 41.0 Å². The minimum atomic E-state index is -0.508. The summed E-state index contributed by atoms with van der Waals surface area (Å²) in [6.45, 7) is 3.82. The van der Waals surface area contributed by atoms with Crippen LogP contribution >= 0.6 is 11.8 Å². The quantitative estimate of drug-likeness (QED) is 0.160. The number of imide groups is 1. The molecule has 184 valence electrons. The Morgan fingerprint density at radius 3 is 2.24 bits per heavy atom. The Morgan fingerprint density at radius 2 is 1.54 bits per heavy atom. The van der Waals surface area contributed by atoms with E-state index in [1.54, 1.807) is 24.3 Å². The molecule has 1 aliphatic heterocycles. The van der Waals surface area contributed by atoms with E-state index in [9.17, 15) is 19.7 Å². The van der Waals surface area contributed by atoms with Gasteiger partial charge in [-0.05, 0) is 66.6 Å². The maximum atomic E-state index is 13.1. The van der Waals surface area contributed by atoms with Gasteiger partial charge in [0.2, 0.25) is 0 Å². The molecule has 3 aromatic carbocycles. The lowest BCUT2D eigenvalue weighted by Gasteiger charge is -2.12. The van der Waals surface area contributed by atoms with Crippen molar-refractivity contribution in [3.63, 3.8) is 0 Å². The molecule has 0 N–H and O–H groups in total. The standard InChI is InChI=1S/C29H23N3O4S/c1-19-16-24(20(2)31(19)25-14-12-22(13-15-25)21-8-4-3-5-9-21)17-27-28(33)30(29(34)37-27)18-23-10-6-7-11-26(23)32(35)36/h3-17H,18H2,1-2H3/b27-17-. The first kappa shape index (κ1) is 24.3. The van der Waals surface area contributed by atoms with Gasteiger partial charge in [0.25, 0.3) is 16.8 Å². The average Bonchev–Trinajstić information content (AvgIpc) is 3.33. The number of nitrogens with zero attached hydrogens (tertiary/aromatic N) is 3. The Hall–Kier alpha value is -4.43. The fourth-order valence-corrected chi connectivity index (χ4v) is 5.36. The summed E-state index contributed by atoms with van der Waals surface area (Å²) in [6.07, 6.45) is 1.72. The highest BCUT2D eigenvalue weighted by atomic mass is 32.2. The molecule has 0 atom stereocenters. The Labute approximate surface area is 218 Å². The number of para-hydroxylation sites is 1. The van der Waals surface area contributed by atoms with Crippen molar-refractivity contribution >= 4 is 34.7 Å². The highest BCUT2D eigenvalue weighted by Crippen LogP contribution is 2.35. The van der Waals surface area contributed by atoms with Crippen LogP contribution in [0.2, 0.25) is 0 Å². The lowest BCUT2D eigenvalue weighted by atomic mass is 10.1. The summed E-state index contributed by atoms with van der Waals surface area (Å²) in [6, 6.07) is 26.6. The van der Waals surface area contributed by atoms with Crippen molar-refractivity contribution in [3.05, 3.63) is 122 Å². The van der Waals surface area contributed by atoms with Gasteiger partial charge in [0.05, 0.1) is 16.4 Å². The van der Waals surface area contributed by atoms with E-state index >= 15 is 0 Å². The molecule has 5 rings (SSSR count). The Morgan fingerprint density at radius 1 is 0.892 bits per heavy atom. The molecule has 0 bridgehead atoms. The first-order valence-electron chi connectivity index (χ1n) is 11.7. The van der Waals surface area contributed by atoms with Crippen LogP contribution in [0, 0.1) is 24.0 Å². The summed E-state index contributed by atoms with van der Waals surface area (Å²) in [7, 11) is 0. The number of carbonyl (C=O) groups is 2. The molecule has 1 saturated heterocycles. The van der Waals surface area contributed by atoms with Crippen molar-refractivity contribution in [2.24, 2.45) is 0 Å².